The summed E-state index contributed by atoms with van der Waals surface area (Å²) in [6, 6.07) is 15.4. The molecule has 0 fully saturated rings. The Morgan fingerprint density at radius 3 is 2.55 bits per heavy atom. The van der Waals surface area contributed by atoms with E-state index in [1.807, 2.05) is 11.4 Å². The third kappa shape index (κ3) is 3.62. The van der Waals surface area contributed by atoms with Crippen molar-refractivity contribution in [2.24, 2.45) is 0 Å². The molecule has 3 aromatic rings. The predicted molar refractivity (Wildman–Crippen MR) is 117 cm³/mol. The van der Waals surface area contributed by atoms with Gasteiger partial charge in [-0.05, 0) is 41.8 Å². The van der Waals surface area contributed by atoms with Gasteiger partial charge in [-0.3, -0.25) is 9.59 Å². The molecule has 2 heterocycles. The van der Waals surface area contributed by atoms with Gasteiger partial charge in [-0.25, -0.2) is 4.90 Å². The molecule has 146 valence electrons. The fourth-order valence-electron chi connectivity index (χ4n) is 3.02. The van der Waals surface area contributed by atoms with Gasteiger partial charge >= 0.3 is 0 Å². The number of carbonyl (C=O) groups excluding carboxylic acids is 2. The number of hydrogen-bond donors (Lipinski definition) is 1. The molecule has 5 nitrogen and oxygen atoms in total. The molecule has 1 aliphatic heterocycles. The number of imide groups is 1. The van der Waals surface area contributed by atoms with Crippen molar-refractivity contribution in [3.8, 4) is 5.75 Å². The molecular formula is C21H14Cl2N2O3S. The van der Waals surface area contributed by atoms with Crippen molar-refractivity contribution in [3.63, 3.8) is 0 Å². The second-order valence-corrected chi connectivity index (χ2v) is 7.92. The minimum absolute atomic E-state index is 0.168. The maximum Gasteiger partial charge on any atom is 0.282 e. The Morgan fingerprint density at radius 1 is 1.00 bits per heavy atom. The zero-order valence-corrected chi connectivity index (χ0v) is 17.4. The van der Waals surface area contributed by atoms with Crippen molar-refractivity contribution < 1.29 is 14.3 Å². The summed E-state index contributed by atoms with van der Waals surface area (Å²) in [5.41, 5.74) is 1.31. The molecule has 1 aliphatic rings. The van der Waals surface area contributed by atoms with Crippen LogP contribution >= 0.6 is 34.5 Å². The molecule has 0 unspecified atom stereocenters. The summed E-state index contributed by atoms with van der Waals surface area (Å²) in [5.74, 6) is -0.350. The van der Waals surface area contributed by atoms with E-state index < -0.39 is 11.8 Å². The summed E-state index contributed by atoms with van der Waals surface area (Å²) in [6.07, 6.45) is 0. The van der Waals surface area contributed by atoms with Gasteiger partial charge in [-0.15, -0.1) is 11.3 Å². The molecule has 0 aliphatic carbocycles. The highest BCUT2D eigenvalue weighted by molar-refractivity contribution is 7.11. The molecule has 29 heavy (non-hydrogen) atoms. The van der Waals surface area contributed by atoms with Gasteiger partial charge < -0.3 is 10.1 Å². The third-order valence-corrected chi connectivity index (χ3v) is 5.78. The zero-order valence-electron chi connectivity index (χ0n) is 15.1. The van der Waals surface area contributed by atoms with Crippen LogP contribution in [-0.4, -0.2) is 18.9 Å². The third-order valence-electron chi connectivity index (χ3n) is 4.34. The van der Waals surface area contributed by atoms with Crippen LogP contribution in [-0.2, 0) is 9.59 Å². The van der Waals surface area contributed by atoms with Crippen molar-refractivity contribution in [2.75, 3.05) is 17.3 Å². The van der Waals surface area contributed by atoms with Gasteiger partial charge in [0.05, 0.1) is 23.4 Å². The van der Waals surface area contributed by atoms with Gasteiger partial charge in [0, 0.05) is 21.7 Å². The van der Waals surface area contributed by atoms with Crippen LogP contribution in [0.15, 0.2) is 65.7 Å². The Bertz CT molecular complexity index is 1140. The van der Waals surface area contributed by atoms with Crippen molar-refractivity contribution in [1.29, 1.82) is 0 Å². The molecule has 0 atom stereocenters. The predicted octanol–water partition coefficient (Wildman–Crippen LogP) is 5.46. The van der Waals surface area contributed by atoms with Crippen LogP contribution in [0.3, 0.4) is 0 Å². The van der Waals surface area contributed by atoms with E-state index in [9.17, 15) is 9.59 Å². The molecule has 8 heteroatoms. The van der Waals surface area contributed by atoms with E-state index in [1.165, 1.54) is 17.4 Å². The van der Waals surface area contributed by atoms with E-state index in [-0.39, 0.29) is 22.0 Å². The first-order valence-electron chi connectivity index (χ1n) is 8.52. The lowest BCUT2D eigenvalue weighted by molar-refractivity contribution is -0.120. The normalized spacial score (nSPS) is 14.0. The summed E-state index contributed by atoms with van der Waals surface area (Å²) < 4.78 is 5.24. The van der Waals surface area contributed by atoms with E-state index in [0.29, 0.717) is 21.3 Å². The van der Waals surface area contributed by atoms with E-state index in [0.717, 1.165) is 4.90 Å². The summed E-state index contributed by atoms with van der Waals surface area (Å²) in [6.45, 7) is 0. The van der Waals surface area contributed by atoms with Crippen LogP contribution < -0.4 is 15.0 Å². The van der Waals surface area contributed by atoms with Gasteiger partial charge in [-0.2, -0.15) is 0 Å². The van der Waals surface area contributed by atoms with Gasteiger partial charge in [0.2, 0.25) is 0 Å². The van der Waals surface area contributed by atoms with Crippen molar-refractivity contribution in [3.05, 3.63) is 80.6 Å². The number of nitrogens with zero attached hydrogens (tertiary/aromatic N) is 1. The first-order valence-corrected chi connectivity index (χ1v) is 10.2. The summed E-state index contributed by atoms with van der Waals surface area (Å²) in [4.78, 5) is 28.3. The summed E-state index contributed by atoms with van der Waals surface area (Å²) >= 11 is 13.7. The molecule has 2 amide bonds. The topological polar surface area (TPSA) is 58.6 Å². The highest BCUT2D eigenvalue weighted by Crippen LogP contribution is 2.39. The maximum atomic E-state index is 13.3. The highest BCUT2D eigenvalue weighted by Gasteiger charge is 2.41. The number of halogens is 2. The summed E-state index contributed by atoms with van der Waals surface area (Å²) in [5, 5.41) is 5.56. The average Bonchev–Trinajstić information content (AvgIpc) is 3.31. The molecule has 0 saturated carbocycles. The monoisotopic (exact) mass is 444 g/mol. The van der Waals surface area contributed by atoms with E-state index >= 15 is 0 Å². The zero-order chi connectivity index (χ0) is 20.5. The minimum atomic E-state index is -0.509. The van der Waals surface area contributed by atoms with E-state index in [2.05, 4.69) is 5.32 Å². The number of rotatable bonds is 5. The maximum absolute atomic E-state index is 13.3. The Hall–Kier alpha value is -2.80. The fraction of sp³-hybridized carbons (Fsp3) is 0.0476. The molecular weight excluding hydrogens is 431 g/mol. The van der Waals surface area contributed by atoms with Crippen LogP contribution in [0, 0.1) is 0 Å². The van der Waals surface area contributed by atoms with Crippen LogP contribution in [0.1, 0.15) is 4.88 Å². The number of benzene rings is 2. The number of ether oxygens (including phenoxy) is 1. The number of amides is 2. The minimum Gasteiger partial charge on any atom is -0.497 e. The molecule has 1 aromatic heterocycles. The molecule has 1 N–H and O–H groups in total. The van der Waals surface area contributed by atoms with E-state index in [1.54, 1.807) is 49.6 Å². The first-order chi connectivity index (χ1) is 14.0. The molecule has 0 saturated heterocycles. The molecule has 2 aromatic carbocycles. The quantitative estimate of drug-likeness (QED) is 0.530. The smallest absolute Gasteiger partial charge is 0.282 e. The van der Waals surface area contributed by atoms with Gasteiger partial charge in [0.25, 0.3) is 11.8 Å². The Labute approximate surface area is 181 Å². The lowest BCUT2D eigenvalue weighted by Crippen LogP contribution is -2.32. The van der Waals surface area contributed by atoms with E-state index in [4.69, 9.17) is 27.9 Å². The van der Waals surface area contributed by atoms with Crippen LogP contribution in [0.2, 0.25) is 10.0 Å². The average molecular weight is 445 g/mol. The standard InChI is InChI=1S/C21H14Cl2N2O3S/c1-28-14-5-2-4-13(11-14)24-19-18(17-6-3-9-29-17)20(26)25(21(19)27)16-10-12(22)7-8-15(16)23/h2-11,24H,1H3. The Morgan fingerprint density at radius 2 is 1.83 bits per heavy atom. The number of methoxy groups -OCH3 is 1. The van der Waals surface area contributed by atoms with Crippen molar-refractivity contribution in [1.82, 2.24) is 0 Å². The van der Waals surface area contributed by atoms with Crippen LogP contribution in [0.5, 0.6) is 5.75 Å². The second-order valence-electron chi connectivity index (χ2n) is 6.13. The summed E-state index contributed by atoms with van der Waals surface area (Å²) in [7, 11) is 1.56. The largest absolute Gasteiger partial charge is 0.497 e. The molecule has 0 radical (unpaired) electrons. The number of thiophene rings is 1. The second kappa shape index (κ2) is 7.91. The lowest BCUT2D eigenvalue weighted by atomic mass is 10.2. The molecule has 4 rings (SSSR count). The first kappa shape index (κ1) is 19.5. The SMILES string of the molecule is COc1cccc(NC2=C(c3cccs3)C(=O)N(c3cc(Cl)ccc3Cl)C2=O)c1. The number of anilines is 2. The van der Waals surface area contributed by atoms with Crippen molar-refractivity contribution >= 4 is 63.3 Å². The van der Waals surface area contributed by atoms with Gasteiger partial charge in [0.1, 0.15) is 11.4 Å². The lowest BCUT2D eigenvalue weighted by Gasteiger charge is -2.17. The fourth-order valence-corrected chi connectivity index (χ4v) is 4.15. The van der Waals surface area contributed by atoms with Crippen LogP contribution in [0.25, 0.3) is 5.57 Å². The van der Waals surface area contributed by atoms with Gasteiger partial charge in [-0.1, -0.05) is 35.3 Å². The van der Waals surface area contributed by atoms with Gasteiger partial charge in [0.15, 0.2) is 0 Å². The van der Waals surface area contributed by atoms with Crippen LogP contribution in [0.4, 0.5) is 11.4 Å². The number of carbonyl (C=O) groups is 2. The number of nitrogens with one attached hydrogen (secondary N) is 1. The Balaban J connectivity index is 1.82. The molecule has 0 bridgehead atoms. The Kier molecular flexibility index (Phi) is 5.32. The van der Waals surface area contributed by atoms with Crippen molar-refractivity contribution in [2.45, 2.75) is 0 Å². The highest BCUT2D eigenvalue weighted by atomic mass is 35.5. The molecule has 0 spiro atoms. The number of hydrogen-bond acceptors (Lipinski definition) is 5.